The number of unbranched alkanes of at least 4 members (excludes halogenated alkanes) is 21. The average molecular weight is 1910 g/mol. The van der Waals surface area contributed by atoms with Crippen molar-refractivity contribution in [3.05, 3.63) is 83.2 Å². The van der Waals surface area contributed by atoms with Crippen LogP contribution in [0.15, 0.2) is 43.4 Å². The first kappa shape index (κ1) is 129. The summed E-state index contributed by atoms with van der Waals surface area (Å²) in [7, 11) is 0. The van der Waals surface area contributed by atoms with E-state index in [1.807, 2.05) is 43.4 Å². The fourth-order valence-electron chi connectivity index (χ4n) is 16.8. The number of aromatic nitrogens is 21. The summed E-state index contributed by atoms with van der Waals surface area (Å²) >= 11 is 0. The molecule has 137 heavy (non-hydrogen) atoms. The number of aryl methyl sites for hydroxylation is 14. The lowest BCUT2D eigenvalue weighted by molar-refractivity contribution is 0.462. The molecule has 0 aliphatic heterocycles. The molecule has 0 amide bonds. The Hall–Kier alpha value is -6.02. The van der Waals surface area contributed by atoms with Gasteiger partial charge in [0, 0.05) is 45.8 Å². The lowest BCUT2D eigenvalue weighted by Crippen LogP contribution is -2.07. The molecule has 0 spiro atoms. The van der Waals surface area contributed by atoms with Crippen LogP contribution in [0.3, 0.4) is 0 Å². The summed E-state index contributed by atoms with van der Waals surface area (Å²) in [6.07, 6.45) is 81.8. The first-order chi connectivity index (χ1) is 65.6. The maximum atomic E-state index is 4.23. The van der Waals surface area contributed by atoms with Crippen LogP contribution in [-0.4, -0.2) is 105 Å². The van der Waals surface area contributed by atoms with Crippen molar-refractivity contribution in [1.29, 1.82) is 0 Å². The maximum absolute atomic E-state index is 4.23. The van der Waals surface area contributed by atoms with Gasteiger partial charge in [0.15, 0.2) is 0 Å². The molecule has 7 heterocycles. The van der Waals surface area contributed by atoms with Gasteiger partial charge >= 0.3 is 0 Å². The van der Waals surface area contributed by atoms with Crippen LogP contribution in [0.2, 0.25) is 0 Å². The van der Waals surface area contributed by atoms with Gasteiger partial charge in [-0.3, -0.25) is 0 Å². The Balaban J connectivity index is 0.000000799. The molecule has 0 saturated heterocycles. The Morgan fingerprint density at radius 3 is 0.482 bits per heavy atom. The molecular weight excluding hydrogens is 1690 g/mol. The summed E-state index contributed by atoms with van der Waals surface area (Å²) in [5.41, 5.74) is 9.17. The highest BCUT2D eigenvalue weighted by molar-refractivity contribution is 4.99. The van der Waals surface area contributed by atoms with Crippen molar-refractivity contribution >= 4 is 0 Å². The molecule has 0 aliphatic carbocycles. The number of nitrogens with zero attached hydrogens (tertiary/aromatic N) is 21. The summed E-state index contributed by atoms with van der Waals surface area (Å²) in [5.74, 6) is 11.3. The SMILES string of the molecule is CC(C)CCCCCCCn1nncc1CCC(C)C.CC(C)CCCCCCc1cnnn1CCC(C)C.CC(C)CCCCCCn1nncc1CCC(C)C.CC(C)CCCCCCn1nncc1CCCC(C)C.CC(C)CCCCCc1cnnn1CCCCC(C)C.CC(C)CCCCCn1nncc1CCCC(C)C.CC(C)CCCCCn1nncc1CCCCC(C)C. The van der Waals surface area contributed by atoms with Crippen LogP contribution in [0, 0.1) is 82.9 Å². The smallest absolute Gasteiger partial charge is 0.0725 e. The summed E-state index contributed by atoms with van der Waals surface area (Å²) in [4.78, 5) is 0. The van der Waals surface area contributed by atoms with E-state index < -0.39 is 0 Å². The van der Waals surface area contributed by atoms with Gasteiger partial charge in [-0.1, -0.05) is 436 Å². The van der Waals surface area contributed by atoms with Crippen LogP contribution in [0.4, 0.5) is 0 Å². The third-order valence-electron chi connectivity index (χ3n) is 26.0. The topological polar surface area (TPSA) is 215 Å². The van der Waals surface area contributed by atoms with Crippen LogP contribution in [0.5, 0.6) is 0 Å². The van der Waals surface area contributed by atoms with E-state index in [1.165, 1.54) is 335 Å². The third kappa shape index (κ3) is 77.3. The van der Waals surface area contributed by atoms with Gasteiger partial charge in [-0.25, -0.2) is 32.8 Å². The van der Waals surface area contributed by atoms with E-state index in [-0.39, 0.29) is 0 Å². The molecule has 0 aromatic carbocycles. The Kier molecular flexibility index (Phi) is 80.5. The minimum Gasteiger partial charge on any atom is -0.249 e. The lowest BCUT2D eigenvalue weighted by Gasteiger charge is -2.08. The molecule has 0 aliphatic rings. The van der Waals surface area contributed by atoms with Crippen molar-refractivity contribution in [2.75, 3.05) is 0 Å². The molecule has 0 bridgehead atoms. The zero-order valence-electron chi connectivity index (χ0n) is 95.4. The Bertz CT molecular complexity index is 3540. The van der Waals surface area contributed by atoms with E-state index >= 15 is 0 Å². The summed E-state index contributed by atoms with van der Waals surface area (Å²) in [6, 6.07) is 0. The van der Waals surface area contributed by atoms with Crippen molar-refractivity contribution in [2.24, 2.45) is 82.9 Å². The Morgan fingerprint density at radius 1 is 0.131 bits per heavy atom. The van der Waals surface area contributed by atoms with Crippen molar-refractivity contribution in [2.45, 2.75) is 580 Å². The summed E-state index contributed by atoms with van der Waals surface area (Å²) in [6.45, 7) is 71.4. The van der Waals surface area contributed by atoms with Crippen LogP contribution in [0.1, 0.15) is 529 Å². The maximum Gasteiger partial charge on any atom is 0.0725 e. The number of rotatable bonds is 74. The van der Waals surface area contributed by atoms with Gasteiger partial charge in [0.05, 0.1) is 83.2 Å². The minimum atomic E-state index is 0.730. The van der Waals surface area contributed by atoms with Crippen molar-refractivity contribution in [1.82, 2.24) is 105 Å². The average Bonchev–Trinajstić information content (AvgIpc) is 1.79. The van der Waals surface area contributed by atoms with Gasteiger partial charge in [0.1, 0.15) is 0 Å². The van der Waals surface area contributed by atoms with Gasteiger partial charge in [0.25, 0.3) is 0 Å². The van der Waals surface area contributed by atoms with Crippen molar-refractivity contribution < 1.29 is 0 Å². The highest BCUT2D eigenvalue weighted by Gasteiger charge is 2.14. The zero-order valence-corrected chi connectivity index (χ0v) is 95.4. The standard InChI is InChI=1S/4C17H33N3.3C16H31N3/c1-15(2)10-6-5-9-13-20-17(14-18-19-20)12-8-7-11-16(3)4;1-15(2)10-6-5-7-12-17-14-18-19-20(17)13-9-8-11-16(3)4;1-15(2)10-7-5-6-8-13-20-17(14-18-19-20)12-9-11-16(3)4;1-15(2)10-8-6-5-7-9-13-20-17(14-18-19-20)12-11-16(3)4;1-14(2)9-6-5-7-12-19-16(13-17-18-19)11-8-10-15(3)4;1-14(2)9-7-5-6-8-12-19-16(13-17-18-19)11-10-15(3)4;1-14(2)9-7-5-6-8-10-16-13-17-18-19(16)12-11-15(3)4/h4*14-16H,5-13H2,1-4H3;3*13-15H,5-12H2,1-4H3. The number of hydrogen-bond acceptors (Lipinski definition) is 14. The molecule has 0 N–H and O–H groups in total. The molecule has 7 aromatic heterocycles. The second-order valence-electron chi connectivity index (χ2n) is 46.8. The highest BCUT2D eigenvalue weighted by atomic mass is 15.5. The van der Waals surface area contributed by atoms with Gasteiger partial charge in [-0.05, 0) is 218 Å². The van der Waals surface area contributed by atoms with Crippen LogP contribution in [0.25, 0.3) is 0 Å². The normalized spacial score (nSPS) is 11.7. The molecule has 0 unspecified atom stereocenters. The van der Waals surface area contributed by atoms with Crippen molar-refractivity contribution in [3.63, 3.8) is 0 Å². The highest BCUT2D eigenvalue weighted by Crippen LogP contribution is 2.22. The quantitative estimate of drug-likeness (QED) is 0.0324. The molecule has 794 valence electrons. The van der Waals surface area contributed by atoms with E-state index in [0.29, 0.717) is 0 Å². The van der Waals surface area contributed by atoms with Gasteiger partial charge in [-0.15, -0.1) is 35.7 Å². The Morgan fingerprint density at radius 2 is 0.263 bits per heavy atom. The van der Waals surface area contributed by atoms with Gasteiger partial charge in [0.2, 0.25) is 0 Å². The summed E-state index contributed by atoms with van der Waals surface area (Å²) in [5, 5.41) is 58.0. The van der Waals surface area contributed by atoms with Crippen molar-refractivity contribution in [3.8, 4) is 0 Å². The van der Waals surface area contributed by atoms with Gasteiger partial charge < -0.3 is 0 Å². The molecule has 21 nitrogen and oxygen atoms in total. The molecule has 21 heteroatoms. The monoisotopic (exact) mass is 1910 g/mol. The van der Waals surface area contributed by atoms with Gasteiger partial charge in [-0.2, -0.15) is 0 Å². The third-order valence-corrected chi connectivity index (χ3v) is 26.0. The molecule has 0 atom stereocenters. The molecule has 7 rings (SSSR count). The molecule has 7 aromatic rings. The second kappa shape index (κ2) is 85.6. The largest absolute Gasteiger partial charge is 0.249 e. The van der Waals surface area contributed by atoms with Crippen LogP contribution < -0.4 is 0 Å². The van der Waals surface area contributed by atoms with E-state index in [9.17, 15) is 0 Å². The predicted octanol–water partition coefficient (Wildman–Crippen LogP) is 32.9. The minimum absolute atomic E-state index is 0.730. The molecule has 0 saturated carbocycles. The zero-order chi connectivity index (χ0) is 101. The van der Waals surface area contributed by atoms with E-state index in [2.05, 4.69) is 299 Å². The number of hydrogen-bond donors (Lipinski definition) is 0. The van der Waals surface area contributed by atoms with Crippen LogP contribution >= 0.6 is 0 Å². The Labute approximate surface area is 846 Å². The predicted molar refractivity (Wildman–Crippen MR) is 586 cm³/mol. The van der Waals surface area contributed by atoms with E-state index in [4.69, 9.17) is 0 Å². The molecule has 0 fully saturated rings. The second-order valence-corrected chi connectivity index (χ2v) is 46.8. The summed E-state index contributed by atoms with van der Waals surface area (Å²) < 4.78 is 14.8. The van der Waals surface area contributed by atoms with Crippen LogP contribution in [-0.2, 0) is 90.8 Å². The van der Waals surface area contributed by atoms with E-state index in [1.54, 1.807) is 0 Å². The van der Waals surface area contributed by atoms with E-state index in [0.717, 1.165) is 174 Å². The fraction of sp³-hybridized carbons (Fsp3) is 0.879. The fourth-order valence-corrected chi connectivity index (χ4v) is 16.8. The first-order valence-corrected chi connectivity index (χ1v) is 57.8. The molecular formula is C116H225N21. The molecule has 0 radical (unpaired) electrons. The lowest BCUT2D eigenvalue weighted by atomic mass is 10.0. The first-order valence-electron chi connectivity index (χ1n) is 57.8.